The normalized spacial score (nSPS) is 12.9. The second-order valence-corrected chi connectivity index (χ2v) is 4.14. The van der Waals surface area contributed by atoms with Crippen LogP contribution in [0.1, 0.15) is 18.1 Å². The number of rotatable bonds is 8. The van der Waals surface area contributed by atoms with Crippen LogP contribution in [0.4, 0.5) is 4.39 Å². The topological polar surface area (TPSA) is 63.9 Å². The van der Waals surface area contributed by atoms with Crippen LogP contribution in [0.2, 0.25) is 0 Å². The third kappa shape index (κ3) is 4.70. The molecule has 0 aromatic heterocycles. The Hall–Kier alpha value is -1.01. The molecule has 18 heavy (non-hydrogen) atoms. The van der Waals surface area contributed by atoms with Gasteiger partial charge in [0.15, 0.2) is 0 Å². The second kappa shape index (κ2) is 8.16. The first-order valence-electron chi connectivity index (χ1n) is 6.05. The Morgan fingerprint density at radius 2 is 1.83 bits per heavy atom. The van der Waals surface area contributed by atoms with Gasteiger partial charge in [0, 0.05) is 31.8 Å². The molecule has 0 bridgehead atoms. The van der Waals surface area contributed by atoms with E-state index in [0.29, 0.717) is 19.5 Å². The van der Waals surface area contributed by atoms with E-state index in [9.17, 15) is 9.50 Å². The van der Waals surface area contributed by atoms with Gasteiger partial charge >= 0.3 is 0 Å². The molecule has 3 N–H and O–H groups in total. The molecule has 0 aliphatic carbocycles. The Balaban J connectivity index is 2.60. The van der Waals surface area contributed by atoms with Crippen molar-refractivity contribution in [3.8, 4) is 0 Å². The van der Waals surface area contributed by atoms with Gasteiger partial charge in [-0.25, -0.2) is 4.39 Å². The predicted molar refractivity (Wildman–Crippen MR) is 66.6 cm³/mol. The minimum atomic E-state index is -0.934. The number of hydrogen-bond donors (Lipinski definition) is 3. The molecule has 1 rings (SSSR count). The number of aliphatic hydroxyl groups excluding tert-OH is 3. The highest BCUT2D eigenvalue weighted by molar-refractivity contribution is 5.20. The second-order valence-electron chi connectivity index (χ2n) is 4.14. The highest BCUT2D eigenvalue weighted by Gasteiger charge is 2.15. The first-order chi connectivity index (χ1) is 8.69. The zero-order valence-corrected chi connectivity index (χ0v) is 10.3. The molecule has 1 unspecified atom stereocenters. The largest absolute Gasteiger partial charge is 0.396 e. The van der Waals surface area contributed by atoms with Crippen LogP contribution in [0.3, 0.4) is 0 Å². The molecule has 0 aliphatic rings. The van der Waals surface area contributed by atoms with Gasteiger partial charge in [-0.2, -0.15) is 0 Å². The SMILES string of the molecule is OCCCN(CCO)CC(O)c1ccccc1F. The molecule has 1 atom stereocenters. The predicted octanol–water partition coefficient (Wildman–Crippen LogP) is 0.536. The molecule has 4 nitrogen and oxygen atoms in total. The number of aliphatic hydroxyl groups is 3. The highest BCUT2D eigenvalue weighted by atomic mass is 19.1. The molecule has 0 spiro atoms. The number of nitrogens with zero attached hydrogens (tertiary/aromatic N) is 1. The lowest BCUT2D eigenvalue weighted by Gasteiger charge is -2.24. The van der Waals surface area contributed by atoms with E-state index in [2.05, 4.69) is 0 Å². The van der Waals surface area contributed by atoms with Crippen LogP contribution in [0, 0.1) is 5.82 Å². The summed E-state index contributed by atoms with van der Waals surface area (Å²) in [5.74, 6) is -0.434. The maximum absolute atomic E-state index is 13.5. The molecular formula is C13H20FNO3. The zero-order valence-electron chi connectivity index (χ0n) is 10.3. The van der Waals surface area contributed by atoms with Crippen molar-refractivity contribution in [3.05, 3.63) is 35.6 Å². The number of hydrogen-bond acceptors (Lipinski definition) is 4. The van der Waals surface area contributed by atoms with Gasteiger partial charge < -0.3 is 15.3 Å². The molecule has 0 fully saturated rings. The molecule has 1 aromatic carbocycles. The van der Waals surface area contributed by atoms with Crippen LogP contribution in [0.15, 0.2) is 24.3 Å². The van der Waals surface area contributed by atoms with E-state index in [0.717, 1.165) is 0 Å². The molecule has 5 heteroatoms. The fourth-order valence-corrected chi connectivity index (χ4v) is 1.82. The average molecular weight is 257 g/mol. The molecule has 0 saturated carbocycles. The summed E-state index contributed by atoms with van der Waals surface area (Å²) in [6.07, 6.45) is -0.374. The van der Waals surface area contributed by atoms with E-state index in [1.165, 1.54) is 6.07 Å². The third-order valence-electron chi connectivity index (χ3n) is 2.74. The Morgan fingerprint density at radius 1 is 1.11 bits per heavy atom. The zero-order chi connectivity index (χ0) is 13.4. The maximum atomic E-state index is 13.5. The van der Waals surface area contributed by atoms with Crippen LogP contribution in [0.25, 0.3) is 0 Å². The molecule has 0 saturated heterocycles. The van der Waals surface area contributed by atoms with Gasteiger partial charge in [-0.3, -0.25) is 4.90 Å². The summed E-state index contributed by atoms with van der Waals surface area (Å²) in [4.78, 5) is 1.80. The monoisotopic (exact) mass is 257 g/mol. The summed E-state index contributed by atoms with van der Waals surface area (Å²) >= 11 is 0. The van der Waals surface area contributed by atoms with Gasteiger partial charge in [-0.05, 0) is 12.5 Å². The van der Waals surface area contributed by atoms with Crippen molar-refractivity contribution in [1.29, 1.82) is 0 Å². The van der Waals surface area contributed by atoms with Crippen LogP contribution in [-0.4, -0.2) is 53.1 Å². The van der Waals surface area contributed by atoms with Gasteiger partial charge in [-0.15, -0.1) is 0 Å². The Kier molecular flexibility index (Phi) is 6.82. The molecular weight excluding hydrogens is 237 g/mol. The lowest BCUT2D eigenvalue weighted by molar-refractivity contribution is 0.0927. The van der Waals surface area contributed by atoms with Crippen molar-refractivity contribution in [2.45, 2.75) is 12.5 Å². The fourth-order valence-electron chi connectivity index (χ4n) is 1.82. The quantitative estimate of drug-likeness (QED) is 0.636. The fraction of sp³-hybridized carbons (Fsp3) is 0.538. The molecule has 0 heterocycles. The Morgan fingerprint density at radius 3 is 2.44 bits per heavy atom. The molecule has 1 aromatic rings. The first-order valence-corrected chi connectivity index (χ1v) is 6.05. The van der Waals surface area contributed by atoms with E-state index < -0.39 is 11.9 Å². The van der Waals surface area contributed by atoms with Crippen molar-refractivity contribution in [2.24, 2.45) is 0 Å². The Bertz CT molecular complexity index is 349. The minimum absolute atomic E-state index is 0.0323. The van der Waals surface area contributed by atoms with Gasteiger partial charge in [0.1, 0.15) is 5.82 Å². The third-order valence-corrected chi connectivity index (χ3v) is 2.74. The van der Waals surface area contributed by atoms with E-state index in [-0.39, 0.29) is 25.3 Å². The summed E-state index contributed by atoms with van der Waals surface area (Å²) in [6, 6.07) is 6.10. The van der Waals surface area contributed by atoms with Crippen molar-refractivity contribution in [3.63, 3.8) is 0 Å². The average Bonchev–Trinajstić information content (AvgIpc) is 2.36. The molecule has 0 aliphatic heterocycles. The highest BCUT2D eigenvalue weighted by Crippen LogP contribution is 2.17. The maximum Gasteiger partial charge on any atom is 0.129 e. The van der Waals surface area contributed by atoms with E-state index >= 15 is 0 Å². The lowest BCUT2D eigenvalue weighted by Crippen LogP contribution is -2.33. The van der Waals surface area contributed by atoms with Crippen molar-refractivity contribution < 1.29 is 19.7 Å². The van der Waals surface area contributed by atoms with Crippen molar-refractivity contribution in [1.82, 2.24) is 4.90 Å². The number of benzene rings is 1. The minimum Gasteiger partial charge on any atom is -0.396 e. The summed E-state index contributed by atoms with van der Waals surface area (Å²) in [6.45, 7) is 1.21. The van der Waals surface area contributed by atoms with Crippen LogP contribution in [-0.2, 0) is 0 Å². The van der Waals surface area contributed by atoms with E-state index in [4.69, 9.17) is 10.2 Å². The van der Waals surface area contributed by atoms with Gasteiger partial charge in [0.2, 0.25) is 0 Å². The molecule has 0 radical (unpaired) electrons. The van der Waals surface area contributed by atoms with Crippen LogP contribution >= 0.6 is 0 Å². The van der Waals surface area contributed by atoms with Crippen LogP contribution < -0.4 is 0 Å². The number of halogens is 1. The smallest absolute Gasteiger partial charge is 0.129 e. The summed E-state index contributed by atoms with van der Waals surface area (Å²) in [5, 5.41) is 27.7. The van der Waals surface area contributed by atoms with Crippen molar-refractivity contribution in [2.75, 3.05) is 32.8 Å². The molecule has 0 amide bonds. The van der Waals surface area contributed by atoms with Gasteiger partial charge in [0.05, 0.1) is 12.7 Å². The lowest BCUT2D eigenvalue weighted by atomic mass is 10.1. The Labute approximate surface area is 106 Å². The summed E-state index contributed by atoms with van der Waals surface area (Å²) < 4.78 is 13.5. The van der Waals surface area contributed by atoms with Crippen LogP contribution in [0.5, 0.6) is 0 Å². The van der Waals surface area contributed by atoms with E-state index in [1.807, 2.05) is 0 Å². The van der Waals surface area contributed by atoms with Crippen molar-refractivity contribution >= 4 is 0 Å². The van der Waals surface area contributed by atoms with Gasteiger partial charge in [-0.1, -0.05) is 18.2 Å². The summed E-state index contributed by atoms with van der Waals surface area (Å²) in [7, 11) is 0. The first kappa shape index (κ1) is 15.0. The molecule has 102 valence electrons. The van der Waals surface area contributed by atoms with E-state index in [1.54, 1.807) is 23.1 Å². The van der Waals surface area contributed by atoms with Gasteiger partial charge in [0.25, 0.3) is 0 Å². The summed E-state index contributed by atoms with van der Waals surface area (Å²) in [5.41, 5.74) is 0.254. The standard InChI is InChI=1S/C13H20FNO3/c14-12-5-2-1-4-11(12)13(18)10-15(7-9-17)6-3-8-16/h1-2,4-5,13,16-18H,3,6-10H2.